The van der Waals surface area contributed by atoms with Crippen LogP contribution in [0, 0.1) is 5.82 Å². The van der Waals surface area contributed by atoms with E-state index >= 15 is 0 Å². The van der Waals surface area contributed by atoms with Crippen LogP contribution < -0.4 is 5.73 Å². The van der Waals surface area contributed by atoms with Crippen LogP contribution in [0.15, 0.2) is 12.3 Å². The zero-order chi connectivity index (χ0) is 9.14. The highest BCUT2D eigenvalue weighted by atomic mass is 35.5. The number of rotatable bonds is 1. The first-order valence-electron chi connectivity index (χ1n) is 3.14. The number of hydrogen-bond donors (Lipinski definition) is 1. The summed E-state index contributed by atoms with van der Waals surface area (Å²) in [5, 5.41) is 0. The van der Waals surface area contributed by atoms with Crippen molar-refractivity contribution in [2.45, 2.75) is 0 Å². The zero-order valence-electron chi connectivity index (χ0n) is 6.78. The third kappa shape index (κ3) is 2.55. The minimum atomic E-state index is -0.674. The summed E-state index contributed by atoms with van der Waals surface area (Å²) in [6.45, 7) is 0. The van der Waals surface area contributed by atoms with Crippen LogP contribution in [0.1, 0.15) is 10.5 Å². The summed E-state index contributed by atoms with van der Waals surface area (Å²) in [6, 6.07) is 1.01. The minimum Gasteiger partial charge on any atom is -0.464 e. The maximum absolute atomic E-state index is 12.4. The van der Waals surface area contributed by atoms with Crippen LogP contribution in [0.25, 0.3) is 0 Å². The molecule has 0 aliphatic heterocycles. The molecule has 0 radical (unpaired) electrons. The normalized spacial score (nSPS) is 8.77. The van der Waals surface area contributed by atoms with Gasteiger partial charge in [-0.2, -0.15) is 0 Å². The molecule has 0 aromatic carbocycles. The number of nitrogen functional groups attached to an aromatic ring is 1. The number of aromatic nitrogens is 1. The van der Waals surface area contributed by atoms with Crippen molar-refractivity contribution in [3.8, 4) is 0 Å². The first kappa shape index (κ1) is 11.6. The van der Waals surface area contributed by atoms with E-state index in [4.69, 9.17) is 5.73 Å². The second-order valence-electron chi connectivity index (χ2n) is 2.08. The van der Waals surface area contributed by atoms with Crippen LogP contribution >= 0.6 is 12.4 Å². The average Bonchev–Trinajstić information content (AvgIpc) is 2.03. The second-order valence-corrected chi connectivity index (χ2v) is 2.08. The van der Waals surface area contributed by atoms with Gasteiger partial charge in [-0.1, -0.05) is 0 Å². The average molecular weight is 207 g/mol. The largest absolute Gasteiger partial charge is 0.464 e. The molecule has 1 aromatic heterocycles. The number of ether oxygens (including phenoxy) is 1. The Bertz CT molecular complexity index is 319. The Morgan fingerprint density at radius 2 is 2.31 bits per heavy atom. The van der Waals surface area contributed by atoms with Crippen molar-refractivity contribution in [1.82, 2.24) is 4.98 Å². The Kier molecular flexibility index (Phi) is 4.13. The summed E-state index contributed by atoms with van der Waals surface area (Å²) in [4.78, 5) is 14.3. The SMILES string of the molecule is COC(=O)c1ncc(F)cc1N.Cl. The minimum absolute atomic E-state index is 0. The van der Waals surface area contributed by atoms with Crippen molar-refractivity contribution < 1.29 is 13.9 Å². The maximum Gasteiger partial charge on any atom is 0.358 e. The van der Waals surface area contributed by atoms with Gasteiger partial charge in [0.25, 0.3) is 0 Å². The van der Waals surface area contributed by atoms with Gasteiger partial charge in [0.15, 0.2) is 5.69 Å². The standard InChI is InChI=1S/C7H7FN2O2.ClH/c1-12-7(11)6-5(9)2-4(8)3-10-6;/h2-3H,9H2,1H3;1H. The second kappa shape index (κ2) is 4.61. The van der Waals surface area contributed by atoms with E-state index in [-0.39, 0.29) is 23.8 Å². The van der Waals surface area contributed by atoms with E-state index < -0.39 is 11.8 Å². The summed E-state index contributed by atoms with van der Waals surface area (Å²) >= 11 is 0. The van der Waals surface area contributed by atoms with Crippen molar-refractivity contribution in [3.05, 3.63) is 23.8 Å². The number of hydrogen-bond acceptors (Lipinski definition) is 4. The fraction of sp³-hybridized carbons (Fsp3) is 0.143. The van der Waals surface area contributed by atoms with Crippen molar-refractivity contribution in [3.63, 3.8) is 0 Å². The third-order valence-electron chi connectivity index (χ3n) is 1.26. The molecule has 0 bridgehead atoms. The number of anilines is 1. The lowest BCUT2D eigenvalue weighted by molar-refractivity contribution is 0.0595. The van der Waals surface area contributed by atoms with E-state index in [1.165, 1.54) is 7.11 Å². The molecule has 0 unspecified atom stereocenters. The first-order valence-corrected chi connectivity index (χ1v) is 3.14. The van der Waals surface area contributed by atoms with Gasteiger partial charge in [0.1, 0.15) is 5.82 Å². The quantitative estimate of drug-likeness (QED) is 0.697. The molecule has 13 heavy (non-hydrogen) atoms. The molecule has 6 heteroatoms. The molecule has 72 valence electrons. The molecule has 0 spiro atoms. The molecular formula is C7H8ClFN2O2. The van der Waals surface area contributed by atoms with Crippen molar-refractivity contribution in [1.29, 1.82) is 0 Å². The number of halogens is 2. The molecular weight excluding hydrogens is 199 g/mol. The van der Waals surface area contributed by atoms with Crippen LogP contribution in [-0.4, -0.2) is 18.1 Å². The maximum atomic E-state index is 12.4. The summed E-state index contributed by atoms with van der Waals surface area (Å²) in [6.07, 6.45) is 0.905. The molecule has 0 saturated heterocycles. The van der Waals surface area contributed by atoms with Crippen LogP contribution in [0.5, 0.6) is 0 Å². The lowest BCUT2D eigenvalue weighted by atomic mass is 10.3. The lowest BCUT2D eigenvalue weighted by Crippen LogP contribution is -2.08. The number of nitrogens with zero attached hydrogens (tertiary/aromatic N) is 1. The van der Waals surface area contributed by atoms with E-state index in [1.807, 2.05) is 0 Å². The Morgan fingerprint density at radius 1 is 1.69 bits per heavy atom. The van der Waals surface area contributed by atoms with E-state index in [0.717, 1.165) is 12.3 Å². The molecule has 1 aromatic rings. The molecule has 0 fully saturated rings. The van der Waals surface area contributed by atoms with Gasteiger partial charge in [-0.25, -0.2) is 14.2 Å². The van der Waals surface area contributed by atoms with Crippen LogP contribution in [0.4, 0.5) is 10.1 Å². The van der Waals surface area contributed by atoms with Gasteiger partial charge in [0, 0.05) is 6.07 Å². The number of nitrogens with two attached hydrogens (primary N) is 1. The molecule has 2 N–H and O–H groups in total. The number of pyridine rings is 1. The number of carbonyl (C=O) groups excluding carboxylic acids is 1. The zero-order valence-corrected chi connectivity index (χ0v) is 7.60. The fourth-order valence-electron chi connectivity index (χ4n) is 0.722. The molecule has 0 amide bonds. The lowest BCUT2D eigenvalue weighted by Gasteiger charge is -2.00. The monoisotopic (exact) mass is 206 g/mol. The molecule has 4 nitrogen and oxygen atoms in total. The molecule has 1 rings (SSSR count). The summed E-state index contributed by atoms with van der Waals surface area (Å²) in [5.41, 5.74) is 5.20. The van der Waals surface area contributed by atoms with Gasteiger partial charge in [0.2, 0.25) is 0 Å². The highest BCUT2D eigenvalue weighted by Crippen LogP contribution is 2.10. The van der Waals surface area contributed by atoms with Crippen molar-refractivity contribution >= 4 is 24.1 Å². The van der Waals surface area contributed by atoms with Gasteiger partial charge in [-0.15, -0.1) is 12.4 Å². The van der Waals surface area contributed by atoms with E-state index in [9.17, 15) is 9.18 Å². The molecule has 1 heterocycles. The smallest absolute Gasteiger partial charge is 0.358 e. The molecule has 0 atom stereocenters. The summed E-state index contributed by atoms with van der Waals surface area (Å²) < 4.78 is 16.8. The van der Waals surface area contributed by atoms with Gasteiger partial charge in [-0.3, -0.25) is 0 Å². The van der Waals surface area contributed by atoms with Gasteiger partial charge in [0.05, 0.1) is 19.0 Å². The summed E-state index contributed by atoms with van der Waals surface area (Å²) in [7, 11) is 1.20. The Labute approximate surface area is 80.3 Å². The topological polar surface area (TPSA) is 65.2 Å². The highest BCUT2D eigenvalue weighted by molar-refractivity contribution is 5.92. The predicted octanol–water partition coefficient (Wildman–Crippen LogP) is 1.01. The first-order chi connectivity index (χ1) is 5.65. The van der Waals surface area contributed by atoms with Gasteiger partial charge >= 0.3 is 5.97 Å². The van der Waals surface area contributed by atoms with Gasteiger partial charge in [-0.05, 0) is 0 Å². The Morgan fingerprint density at radius 3 is 2.77 bits per heavy atom. The van der Waals surface area contributed by atoms with E-state index in [0.29, 0.717) is 0 Å². The number of carbonyl (C=O) groups is 1. The Balaban J connectivity index is 0.00000144. The number of esters is 1. The van der Waals surface area contributed by atoms with E-state index in [1.54, 1.807) is 0 Å². The fourth-order valence-corrected chi connectivity index (χ4v) is 0.722. The van der Waals surface area contributed by atoms with Crippen molar-refractivity contribution in [2.24, 2.45) is 0 Å². The molecule has 0 saturated carbocycles. The molecule has 0 aliphatic rings. The molecule has 0 aliphatic carbocycles. The third-order valence-corrected chi connectivity index (χ3v) is 1.26. The highest BCUT2D eigenvalue weighted by Gasteiger charge is 2.11. The van der Waals surface area contributed by atoms with Crippen molar-refractivity contribution in [2.75, 3.05) is 12.8 Å². The summed E-state index contributed by atoms with van der Waals surface area (Å²) in [5.74, 6) is -1.26. The predicted molar refractivity (Wildman–Crippen MR) is 47.2 cm³/mol. The van der Waals surface area contributed by atoms with E-state index in [2.05, 4.69) is 9.72 Å². The van der Waals surface area contributed by atoms with Crippen LogP contribution in [0.2, 0.25) is 0 Å². The van der Waals surface area contributed by atoms with Gasteiger partial charge < -0.3 is 10.5 Å². The Hall–Kier alpha value is -1.36. The number of methoxy groups -OCH3 is 1. The van der Waals surface area contributed by atoms with Crippen LogP contribution in [-0.2, 0) is 4.74 Å². The van der Waals surface area contributed by atoms with Crippen LogP contribution in [0.3, 0.4) is 0 Å².